The number of methoxy groups -OCH3 is 2. The van der Waals surface area contributed by atoms with Crippen molar-refractivity contribution in [3.05, 3.63) is 79.9 Å². The molecule has 0 spiro atoms. The number of hydrogen-bond acceptors (Lipinski definition) is 9. The highest BCUT2D eigenvalue weighted by molar-refractivity contribution is 8.26. The quantitative estimate of drug-likeness (QED) is 0.309. The first kappa shape index (κ1) is 27.0. The van der Waals surface area contributed by atoms with Crippen molar-refractivity contribution in [1.82, 2.24) is 9.47 Å². The maximum Gasteiger partial charge on any atom is 0.270 e. The Morgan fingerprint density at radius 2 is 1.97 bits per heavy atom. The van der Waals surface area contributed by atoms with Crippen molar-refractivity contribution in [3.8, 4) is 17.6 Å². The van der Waals surface area contributed by atoms with Crippen LogP contribution in [0.4, 0.5) is 5.82 Å². The minimum Gasteiger partial charge on any atom is -0.493 e. The van der Waals surface area contributed by atoms with Crippen molar-refractivity contribution in [3.63, 3.8) is 0 Å². The average molecular weight is 551 g/mol. The Morgan fingerprint density at radius 1 is 1.21 bits per heavy atom. The molecule has 0 atom stereocenters. The number of furan rings is 1. The number of thiocarbonyl (C=S) groups is 1. The number of nitrogens with one attached hydrogen (secondary N) is 1. The number of ether oxygens (including phenoxy) is 2. The van der Waals surface area contributed by atoms with E-state index in [9.17, 15) is 14.9 Å². The monoisotopic (exact) mass is 550 g/mol. The van der Waals surface area contributed by atoms with E-state index in [4.69, 9.17) is 26.1 Å². The number of carbonyl (C=O) groups excluding carboxylic acids is 1. The largest absolute Gasteiger partial charge is 0.493 e. The number of nitriles is 1. The summed E-state index contributed by atoms with van der Waals surface area (Å²) >= 11 is 6.62. The first-order valence-electron chi connectivity index (χ1n) is 11.6. The van der Waals surface area contributed by atoms with Crippen LogP contribution in [0.2, 0.25) is 0 Å². The predicted octanol–water partition coefficient (Wildman–Crippen LogP) is 4.23. The van der Waals surface area contributed by atoms with Gasteiger partial charge in [0.1, 0.15) is 27.5 Å². The summed E-state index contributed by atoms with van der Waals surface area (Å²) < 4.78 is 17.9. The van der Waals surface area contributed by atoms with Crippen LogP contribution in [0.15, 0.2) is 50.7 Å². The number of rotatable bonds is 9. The van der Waals surface area contributed by atoms with Crippen molar-refractivity contribution in [2.75, 3.05) is 26.1 Å². The average Bonchev–Trinajstić information content (AvgIpc) is 3.53. The van der Waals surface area contributed by atoms with Gasteiger partial charge in [0.2, 0.25) is 0 Å². The lowest BCUT2D eigenvalue weighted by atomic mass is 10.0. The molecule has 1 N–H and O–H groups in total. The smallest absolute Gasteiger partial charge is 0.270 e. The highest BCUT2D eigenvalue weighted by Crippen LogP contribution is 2.36. The van der Waals surface area contributed by atoms with Crippen molar-refractivity contribution in [2.24, 2.45) is 7.05 Å². The molecule has 4 rings (SSSR count). The maximum atomic E-state index is 13.2. The van der Waals surface area contributed by atoms with Crippen molar-refractivity contribution >= 4 is 46.1 Å². The van der Waals surface area contributed by atoms with Crippen LogP contribution in [0, 0.1) is 18.3 Å². The van der Waals surface area contributed by atoms with E-state index in [1.165, 1.54) is 21.2 Å². The summed E-state index contributed by atoms with van der Waals surface area (Å²) in [5, 5.41) is 13.0. The highest BCUT2D eigenvalue weighted by Gasteiger charge is 2.33. The molecule has 1 fully saturated rings. The second-order valence-corrected chi connectivity index (χ2v) is 10.1. The van der Waals surface area contributed by atoms with E-state index < -0.39 is 5.56 Å². The van der Waals surface area contributed by atoms with E-state index in [1.54, 1.807) is 52.7 Å². The predicted molar refractivity (Wildman–Crippen MR) is 150 cm³/mol. The van der Waals surface area contributed by atoms with Crippen molar-refractivity contribution in [2.45, 2.75) is 19.9 Å². The van der Waals surface area contributed by atoms with Crippen LogP contribution in [0.3, 0.4) is 0 Å². The van der Waals surface area contributed by atoms with Crippen LogP contribution in [-0.2, 0) is 24.8 Å². The third-order valence-electron chi connectivity index (χ3n) is 6.20. The Bertz CT molecular complexity index is 1520. The number of nitrogens with zero attached hydrogens (tertiary/aromatic N) is 3. The molecular weight excluding hydrogens is 524 g/mol. The summed E-state index contributed by atoms with van der Waals surface area (Å²) in [5.74, 6) is 2.12. The first-order valence-corrected chi connectivity index (χ1v) is 12.9. The molecule has 11 heteroatoms. The molecule has 38 heavy (non-hydrogen) atoms. The van der Waals surface area contributed by atoms with Gasteiger partial charge in [0.25, 0.3) is 11.5 Å². The zero-order chi connectivity index (χ0) is 27.4. The van der Waals surface area contributed by atoms with E-state index in [0.717, 1.165) is 5.56 Å². The molecule has 3 aromatic rings. The summed E-state index contributed by atoms with van der Waals surface area (Å²) in [5.41, 5.74) is 1.68. The number of thioether (sulfide) groups is 1. The summed E-state index contributed by atoms with van der Waals surface area (Å²) in [6, 6.07) is 11.2. The van der Waals surface area contributed by atoms with Gasteiger partial charge in [0.15, 0.2) is 11.5 Å². The van der Waals surface area contributed by atoms with Crippen LogP contribution >= 0.6 is 24.0 Å². The SMILES string of the molecule is COc1ccc(CCNc2c(/C=C3/SC(=S)N(Cc4ccco4)C3=O)c(C)c(C#N)c(=O)n2C)cc1OC. The van der Waals surface area contributed by atoms with Gasteiger partial charge in [-0.15, -0.1) is 0 Å². The van der Waals surface area contributed by atoms with Gasteiger partial charge in [-0.1, -0.05) is 30.0 Å². The zero-order valence-electron chi connectivity index (χ0n) is 21.4. The number of amides is 1. The summed E-state index contributed by atoms with van der Waals surface area (Å²) in [4.78, 5) is 28.0. The van der Waals surface area contributed by atoms with Crippen molar-refractivity contribution in [1.29, 1.82) is 5.26 Å². The number of anilines is 1. The molecule has 196 valence electrons. The van der Waals surface area contributed by atoms with E-state index in [0.29, 0.717) is 56.4 Å². The second-order valence-electron chi connectivity index (χ2n) is 8.45. The topological polar surface area (TPSA) is 110 Å². The van der Waals surface area contributed by atoms with Gasteiger partial charge in [0.05, 0.1) is 31.9 Å². The molecule has 0 unspecified atom stereocenters. The lowest BCUT2D eigenvalue weighted by Gasteiger charge is -2.18. The molecule has 1 aliphatic heterocycles. The molecule has 0 bridgehead atoms. The van der Waals surface area contributed by atoms with Gasteiger partial charge >= 0.3 is 0 Å². The summed E-state index contributed by atoms with van der Waals surface area (Å²) in [6.45, 7) is 2.41. The van der Waals surface area contributed by atoms with Gasteiger partial charge in [-0.25, -0.2) is 0 Å². The number of benzene rings is 1. The second kappa shape index (κ2) is 11.6. The molecule has 1 amide bonds. The van der Waals surface area contributed by atoms with E-state index in [2.05, 4.69) is 5.32 Å². The molecule has 3 heterocycles. The van der Waals surface area contributed by atoms with Gasteiger partial charge in [0, 0.05) is 19.2 Å². The van der Waals surface area contributed by atoms with Crippen LogP contribution in [0.25, 0.3) is 6.08 Å². The van der Waals surface area contributed by atoms with Crippen LogP contribution < -0.4 is 20.3 Å². The third kappa shape index (κ3) is 5.32. The zero-order valence-corrected chi connectivity index (χ0v) is 23.0. The van der Waals surface area contributed by atoms with Crippen molar-refractivity contribution < 1.29 is 18.7 Å². The Balaban J connectivity index is 1.65. The Labute approximate surface area is 229 Å². The summed E-state index contributed by atoms with van der Waals surface area (Å²) in [6.07, 6.45) is 3.86. The maximum absolute atomic E-state index is 13.2. The molecule has 0 saturated carbocycles. The van der Waals surface area contributed by atoms with E-state index in [1.807, 2.05) is 24.3 Å². The molecule has 1 aliphatic rings. The van der Waals surface area contributed by atoms with E-state index in [-0.39, 0.29) is 18.0 Å². The number of carbonyl (C=O) groups is 1. The van der Waals surface area contributed by atoms with E-state index >= 15 is 0 Å². The Morgan fingerprint density at radius 3 is 2.63 bits per heavy atom. The highest BCUT2D eigenvalue weighted by atomic mass is 32.2. The van der Waals surface area contributed by atoms with Crippen LogP contribution in [0.5, 0.6) is 11.5 Å². The molecule has 0 aliphatic carbocycles. The van der Waals surface area contributed by atoms with Gasteiger partial charge < -0.3 is 19.2 Å². The molecule has 2 aromatic heterocycles. The molecule has 9 nitrogen and oxygen atoms in total. The van der Waals surface area contributed by atoms with Gasteiger partial charge in [-0.05, 0) is 54.8 Å². The fourth-order valence-electron chi connectivity index (χ4n) is 4.13. The Hall–Kier alpha value is -4.01. The fourth-order valence-corrected chi connectivity index (χ4v) is 5.37. The first-order chi connectivity index (χ1) is 18.3. The summed E-state index contributed by atoms with van der Waals surface area (Å²) in [7, 11) is 4.76. The molecule has 0 radical (unpaired) electrons. The number of hydrogen-bond donors (Lipinski definition) is 1. The molecular formula is C27H26N4O5S2. The lowest BCUT2D eigenvalue weighted by Crippen LogP contribution is -2.27. The fraction of sp³-hybridized carbons (Fsp3) is 0.259. The lowest BCUT2D eigenvalue weighted by molar-refractivity contribution is -0.122. The minimum absolute atomic E-state index is 0.0234. The van der Waals surface area contributed by atoms with Gasteiger partial charge in [-0.2, -0.15) is 5.26 Å². The van der Waals surface area contributed by atoms with Gasteiger partial charge in [-0.3, -0.25) is 19.1 Å². The third-order valence-corrected chi connectivity index (χ3v) is 7.57. The van der Waals surface area contributed by atoms with Crippen LogP contribution in [-0.4, -0.2) is 40.5 Å². The molecule has 1 saturated heterocycles. The normalized spacial score (nSPS) is 14.2. The standard InChI is InChI=1S/C27H26N4O5S2/c1-16-19(13-23-26(33)31(27(37)38-23)15-18-6-5-11-36-18)24(30(2)25(32)20(16)14-28)29-10-9-17-7-8-21(34-3)22(12-17)35-4/h5-8,11-13,29H,9-10,15H2,1-4H3/b23-13+. The minimum atomic E-state index is -0.416. The number of pyridine rings is 1. The number of aromatic nitrogens is 1. The molecule has 1 aromatic carbocycles. The Kier molecular flexibility index (Phi) is 8.24. The van der Waals surface area contributed by atoms with Crippen LogP contribution in [0.1, 0.15) is 28.0 Å².